The van der Waals surface area contributed by atoms with Crippen LogP contribution < -0.4 is 4.74 Å². The molecule has 1 atom stereocenters. The van der Waals surface area contributed by atoms with Gasteiger partial charge in [-0.1, -0.05) is 36.4 Å². The molecule has 0 saturated carbocycles. The fourth-order valence-corrected chi connectivity index (χ4v) is 5.91. The molecule has 2 heterocycles. The van der Waals surface area contributed by atoms with Crippen molar-refractivity contribution in [1.29, 1.82) is 0 Å². The molecule has 0 amide bonds. The Morgan fingerprint density at radius 1 is 1.06 bits per heavy atom. The van der Waals surface area contributed by atoms with Gasteiger partial charge in [-0.25, -0.2) is 8.42 Å². The highest BCUT2D eigenvalue weighted by molar-refractivity contribution is 7.91. The van der Waals surface area contributed by atoms with E-state index < -0.39 is 9.84 Å². The molecule has 0 bridgehead atoms. The Labute approximate surface area is 184 Å². The van der Waals surface area contributed by atoms with Crippen molar-refractivity contribution < 1.29 is 13.2 Å². The van der Waals surface area contributed by atoms with Gasteiger partial charge in [0.05, 0.1) is 23.2 Å². The number of aryl methyl sites for hydroxylation is 1. The first-order chi connectivity index (χ1) is 14.8. The van der Waals surface area contributed by atoms with Crippen LogP contribution in [0.15, 0.2) is 54.6 Å². The molecule has 1 aromatic heterocycles. The van der Waals surface area contributed by atoms with Gasteiger partial charge in [-0.05, 0) is 45.5 Å². The molecular formula is C24H29N3O3S. The topological polar surface area (TPSA) is 64.4 Å². The van der Waals surface area contributed by atoms with Gasteiger partial charge in [0.15, 0.2) is 9.84 Å². The third kappa shape index (κ3) is 4.99. The molecule has 0 N–H and O–H groups in total. The van der Waals surface area contributed by atoms with E-state index in [1.54, 1.807) is 0 Å². The Morgan fingerprint density at radius 3 is 2.48 bits per heavy atom. The molecule has 1 saturated heterocycles. The van der Waals surface area contributed by atoms with E-state index in [2.05, 4.69) is 18.0 Å². The van der Waals surface area contributed by atoms with E-state index in [0.29, 0.717) is 6.42 Å². The first-order valence-corrected chi connectivity index (χ1v) is 12.4. The van der Waals surface area contributed by atoms with Crippen LogP contribution in [-0.4, -0.2) is 41.7 Å². The quantitative estimate of drug-likeness (QED) is 0.550. The summed E-state index contributed by atoms with van der Waals surface area (Å²) < 4.78 is 31.8. The maximum Gasteiger partial charge on any atom is 0.152 e. The number of hydrogen-bond acceptors (Lipinski definition) is 5. The largest absolute Gasteiger partial charge is 0.457 e. The zero-order valence-electron chi connectivity index (χ0n) is 18.3. The summed E-state index contributed by atoms with van der Waals surface area (Å²) >= 11 is 0. The Kier molecular flexibility index (Phi) is 6.16. The smallest absolute Gasteiger partial charge is 0.152 e. The molecule has 1 aliphatic heterocycles. The van der Waals surface area contributed by atoms with E-state index in [1.165, 1.54) is 0 Å². The van der Waals surface area contributed by atoms with Gasteiger partial charge >= 0.3 is 0 Å². The van der Waals surface area contributed by atoms with Crippen molar-refractivity contribution in [3.63, 3.8) is 0 Å². The van der Waals surface area contributed by atoms with E-state index in [0.717, 1.165) is 47.1 Å². The van der Waals surface area contributed by atoms with E-state index >= 15 is 0 Å². The molecular weight excluding hydrogens is 410 g/mol. The van der Waals surface area contributed by atoms with E-state index in [1.807, 2.05) is 67.1 Å². The fourth-order valence-electron chi connectivity index (χ4n) is 4.22. The van der Waals surface area contributed by atoms with Gasteiger partial charge in [0, 0.05) is 29.9 Å². The maximum absolute atomic E-state index is 11.9. The summed E-state index contributed by atoms with van der Waals surface area (Å²) in [5, 5.41) is 4.69. The van der Waals surface area contributed by atoms with Crippen molar-refractivity contribution in [2.45, 2.75) is 39.4 Å². The van der Waals surface area contributed by atoms with Crippen molar-refractivity contribution in [2.75, 3.05) is 18.6 Å². The van der Waals surface area contributed by atoms with Crippen LogP contribution in [0.2, 0.25) is 0 Å². The number of hydrogen-bond donors (Lipinski definition) is 0. The van der Waals surface area contributed by atoms with E-state index in [4.69, 9.17) is 9.84 Å². The normalized spacial score (nSPS) is 17.9. The molecule has 0 aliphatic carbocycles. The SMILES string of the molecule is Cc1nn(C2CCS(=O)(=O)C2)c(C)c1CN(C)Cc1ccccc1Oc1ccccc1. The Bertz CT molecular complexity index is 1160. The zero-order chi connectivity index (χ0) is 22.0. The molecule has 3 aromatic rings. The number of aromatic nitrogens is 2. The lowest BCUT2D eigenvalue weighted by Gasteiger charge is -2.19. The van der Waals surface area contributed by atoms with Crippen molar-refractivity contribution in [2.24, 2.45) is 0 Å². The lowest BCUT2D eigenvalue weighted by Crippen LogP contribution is -2.19. The summed E-state index contributed by atoms with van der Waals surface area (Å²) in [6.07, 6.45) is 0.643. The minimum Gasteiger partial charge on any atom is -0.457 e. The number of rotatable bonds is 7. The van der Waals surface area contributed by atoms with Gasteiger partial charge in [-0.15, -0.1) is 0 Å². The van der Waals surface area contributed by atoms with Crippen LogP contribution in [0.5, 0.6) is 11.5 Å². The highest BCUT2D eigenvalue weighted by Crippen LogP contribution is 2.29. The third-order valence-corrected chi connectivity index (χ3v) is 7.59. The Hall–Kier alpha value is -2.64. The van der Waals surface area contributed by atoms with Crippen molar-refractivity contribution in [1.82, 2.24) is 14.7 Å². The van der Waals surface area contributed by atoms with E-state index in [-0.39, 0.29) is 17.5 Å². The summed E-state index contributed by atoms with van der Waals surface area (Å²) in [4.78, 5) is 2.24. The van der Waals surface area contributed by atoms with Gasteiger partial charge < -0.3 is 4.74 Å². The Morgan fingerprint density at radius 2 is 1.77 bits per heavy atom. The summed E-state index contributed by atoms with van der Waals surface area (Å²) in [5.74, 6) is 2.11. The molecule has 6 nitrogen and oxygen atoms in total. The van der Waals surface area contributed by atoms with Crippen LogP contribution in [0, 0.1) is 13.8 Å². The minimum atomic E-state index is -2.94. The fraction of sp³-hybridized carbons (Fsp3) is 0.375. The van der Waals surface area contributed by atoms with Gasteiger partial charge in [-0.2, -0.15) is 5.10 Å². The Balaban J connectivity index is 1.48. The maximum atomic E-state index is 11.9. The lowest BCUT2D eigenvalue weighted by atomic mass is 10.1. The second-order valence-electron chi connectivity index (χ2n) is 8.35. The van der Waals surface area contributed by atoms with Crippen LogP contribution in [0.25, 0.3) is 0 Å². The molecule has 4 rings (SSSR count). The molecule has 2 aromatic carbocycles. The summed E-state index contributed by atoms with van der Waals surface area (Å²) in [7, 11) is -0.865. The van der Waals surface area contributed by atoms with Gasteiger partial charge in [0.1, 0.15) is 11.5 Å². The summed E-state index contributed by atoms with van der Waals surface area (Å²) in [5.41, 5.74) is 4.29. The van der Waals surface area contributed by atoms with Gasteiger partial charge in [-0.3, -0.25) is 9.58 Å². The minimum absolute atomic E-state index is 0.0530. The number of para-hydroxylation sites is 2. The molecule has 7 heteroatoms. The number of nitrogens with zero attached hydrogens (tertiary/aromatic N) is 3. The zero-order valence-corrected chi connectivity index (χ0v) is 19.1. The van der Waals surface area contributed by atoms with Gasteiger partial charge in [0.25, 0.3) is 0 Å². The first-order valence-electron chi connectivity index (χ1n) is 10.6. The summed E-state index contributed by atoms with van der Waals surface area (Å²) in [6, 6.07) is 17.8. The van der Waals surface area contributed by atoms with Crippen LogP contribution >= 0.6 is 0 Å². The van der Waals surface area contributed by atoms with Crippen LogP contribution in [0.1, 0.15) is 35.0 Å². The monoisotopic (exact) mass is 439 g/mol. The first kappa shape index (κ1) is 21.6. The standard InChI is InChI=1S/C24H29N3O3S/c1-18-23(19(2)27(25-18)21-13-14-31(28,29)17-21)16-26(3)15-20-9-7-8-12-24(20)30-22-10-5-4-6-11-22/h4-12,21H,13-17H2,1-3H3. The van der Waals surface area contributed by atoms with Gasteiger partial charge in [0.2, 0.25) is 0 Å². The van der Waals surface area contributed by atoms with Crippen LogP contribution in [-0.2, 0) is 22.9 Å². The second kappa shape index (κ2) is 8.85. The predicted molar refractivity (Wildman–Crippen MR) is 122 cm³/mol. The molecule has 1 fully saturated rings. The second-order valence-corrected chi connectivity index (χ2v) is 10.6. The van der Waals surface area contributed by atoms with Crippen LogP contribution in [0.4, 0.5) is 0 Å². The van der Waals surface area contributed by atoms with E-state index in [9.17, 15) is 8.42 Å². The predicted octanol–water partition coefficient (Wildman–Crippen LogP) is 4.28. The van der Waals surface area contributed by atoms with Crippen LogP contribution in [0.3, 0.4) is 0 Å². The molecule has 164 valence electrons. The average Bonchev–Trinajstić information content (AvgIpc) is 3.23. The summed E-state index contributed by atoms with van der Waals surface area (Å²) in [6.45, 7) is 5.50. The molecule has 0 spiro atoms. The highest BCUT2D eigenvalue weighted by Gasteiger charge is 2.31. The molecule has 1 unspecified atom stereocenters. The van der Waals surface area contributed by atoms with Crippen molar-refractivity contribution in [3.8, 4) is 11.5 Å². The number of benzene rings is 2. The average molecular weight is 440 g/mol. The lowest BCUT2D eigenvalue weighted by molar-refractivity contribution is 0.312. The third-order valence-electron chi connectivity index (χ3n) is 5.84. The number of sulfone groups is 1. The van der Waals surface area contributed by atoms with Crippen molar-refractivity contribution >= 4 is 9.84 Å². The number of ether oxygens (including phenoxy) is 1. The molecule has 1 aliphatic rings. The highest BCUT2D eigenvalue weighted by atomic mass is 32.2. The van der Waals surface area contributed by atoms with Crippen molar-refractivity contribution in [3.05, 3.63) is 77.1 Å². The molecule has 31 heavy (non-hydrogen) atoms. The molecule has 0 radical (unpaired) electrons.